The van der Waals surface area contributed by atoms with Crippen molar-refractivity contribution in [3.8, 4) is 5.75 Å². The molecule has 0 atom stereocenters. The Morgan fingerprint density at radius 3 is 2.22 bits per heavy atom. The minimum Gasteiger partial charge on any atom is -0.497 e. The van der Waals surface area contributed by atoms with Gasteiger partial charge in [-0.3, -0.25) is 4.79 Å². The number of nitrogens with zero attached hydrogens (tertiary/aromatic N) is 1. The lowest BCUT2D eigenvalue weighted by molar-refractivity contribution is -0.121. The van der Waals surface area contributed by atoms with Gasteiger partial charge >= 0.3 is 0 Å². The fourth-order valence-corrected chi connectivity index (χ4v) is 3.17. The summed E-state index contributed by atoms with van der Waals surface area (Å²) < 4.78 is 43.0. The lowest BCUT2D eigenvalue weighted by Crippen LogP contribution is -2.40. The molecule has 8 heteroatoms. The molecule has 2 aromatic carbocycles. The first-order chi connectivity index (χ1) is 12.8. The normalized spacial score (nSPS) is 11.4. The van der Waals surface area contributed by atoms with E-state index in [1.165, 1.54) is 24.3 Å². The number of benzene rings is 2. The number of rotatable bonds is 9. The molecule has 0 saturated carbocycles. The second kappa shape index (κ2) is 9.48. The molecule has 146 valence electrons. The van der Waals surface area contributed by atoms with Crippen molar-refractivity contribution < 1.29 is 22.3 Å². The van der Waals surface area contributed by atoms with Gasteiger partial charge < -0.3 is 10.1 Å². The maximum absolute atomic E-state index is 13.0. The van der Waals surface area contributed by atoms with Crippen LogP contribution in [0.3, 0.4) is 0 Å². The van der Waals surface area contributed by atoms with Crippen molar-refractivity contribution in [2.24, 2.45) is 0 Å². The summed E-state index contributed by atoms with van der Waals surface area (Å²) in [6.45, 7) is 0.100. The first-order valence-corrected chi connectivity index (χ1v) is 10.2. The predicted molar refractivity (Wildman–Crippen MR) is 101 cm³/mol. The van der Waals surface area contributed by atoms with Crippen LogP contribution in [0.4, 0.5) is 4.39 Å². The van der Waals surface area contributed by atoms with E-state index >= 15 is 0 Å². The number of ether oxygens (including phenoxy) is 1. The fourth-order valence-electron chi connectivity index (χ4n) is 2.44. The summed E-state index contributed by atoms with van der Waals surface area (Å²) in [5.41, 5.74) is 1.63. The molecule has 0 spiro atoms. The number of amides is 1. The summed E-state index contributed by atoms with van der Waals surface area (Å²) in [7, 11) is -2.00. The third kappa shape index (κ3) is 6.99. The Labute approximate surface area is 159 Å². The Kier molecular flexibility index (Phi) is 7.32. The lowest BCUT2D eigenvalue weighted by Gasteiger charge is -2.19. The average Bonchev–Trinajstić information content (AvgIpc) is 2.63. The molecular weight excluding hydrogens is 371 g/mol. The molecule has 0 radical (unpaired) electrons. The smallest absolute Gasteiger partial charge is 0.235 e. The SMILES string of the molecule is COc1ccc(CCNC(=O)CN(Cc2ccc(F)cc2)S(C)(=O)=O)cc1. The summed E-state index contributed by atoms with van der Waals surface area (Å²) in [4.78, 5) is 12.1. The van der Waals surface area contributed by atoms with Crippen LogP contribution >= 0.6 is 0 Å². The average molecular weight is 394 g/mol. The van der Waals surface area contributed by atoms with E-state index in [9.17, 15) is 17.6 Å². The minimum absolute atomic E-state index is 0.00497. The van der Waals surface area contributed by atoms with Crippen molar-refractivity contribution >= 4 is 15.9 Å². The highest BCUT2D eigenvalue weighted by Gasteiger charge is 2.20. The molecule has 0 bridgehead atoms. The van der Waals surface area contributed by atoms with Crippen LogP contribution < -0.4 is 10.1 Å². The fraction of sp³-hybridized carbons (Fsp3) is 0.316. The van der Waals surface area contributed by atoms with Crippen molar-refractivity contribution in [2.45, 2.75) is 13.0 Å². The summed E-state index contributed by atoms with van der Waals surface area (Å²) in [5, 5.41) is 2.72. The molecule has 0 fully saturated rings. The highest BCUT2D eigenvalue weighted by Crippen LogP contribution is 2.12. The van der Waals surface area contributed by atoms with Crippen LogP contribution in [0.1, 0.15) is 11.1 Å². The number of nitrogens with one attached hydrogen (secondary N) is 1. The number of hydrogen-bond acceptors (Lipinski definition) is 4. The number of sulfonamides is 1. The lowest BCUT2D eigenvalue weighted by atomic mass is 10.1. The van der Waals surface area contributed by atoms with Gasteiger partial charge in [-0.05, 0) is 41.8 Å². The van der Waals surface area contributed by atoms with Gasteiger partial charge in [0.2, 0.25) is 15.9 Å². The third-order valence-electron chi connectivity index (χ3n) is 3.96. The Morgan fingerprint density at radius 2 is 1.67 bits per heavy atom. The molecule has 1 amide bonds. The highest BCUT2D eigenvalue weighted by atomic mass is 32.2. The van der Waals surface area contributed by atoms with Crippen LogP contribution in [0.2, 0.25) is 0 Å². The van der Waals surface area contributed by atoms with Crippen molar-refractivity contribution in [2.75, 3.05) is 26.5 Å². The molecule has 6 nitrogen and oxygen atoms in total. The Hall–Kier alpha value is -2.45. The van der Waals surface area contributed by atoms with E-state index in [0.29, 0.717) is 18.5 Å². The van der Waals surface area contributed by atoms with Gasteiger partial charge in [0, 0.05) is 13.1 Å². The van der Waals surface area contributed by atoms with Crippen LogP contribution in [0.15, 0.2) is 48.5 Å². The maximum atomic E-state index is 13.0. The summed E-state index contributed by atoms with van der Waals surface area (Å²) in [6.07, 6.45) is 1.66. The Bertz CT molecular complexity index is 852. The van der Waals surface area contributed by atoms with Gasteiger partial charge in [-0.15, -0.1) is 0 Å². The van der Waals surface area contributed by atoms with E-state index in [-0.39, 0.29) is 13.1 Å². The molecule has 0 unspecified atom stereocenters. The Balaban J connectivity index is 1.88. The van der Waals surface area contributed by atoms with E-state index < -0.39 is 21.7 Å². The topological polar surface area (TPSA) is 75.7 Å². The summed E-state index contributed by atoms with van der Waals surface area (Å²) in [5.74, 6) is -0.0376. The number of carbonyl (C=O) groups excluding carboxylic acids is 1. The molecule has 2 aromatic rings. The van der Waals surface area contributed by atoms with Gasteiger partial charge in [0.15, 0.2) is 0 Å². The predicted octanol–water partition coefficient (Wildman–Crippen LogP) is 1.95. The maximum Gasteiger partial charge on any atom is 0.235 e. The van der Waals surface area contributed by atoms with Crippen molar-refractivity contribution in [1.82, 2.24) is 9.62 Å². The van der Waals surface area contributed by atoms with E-state index in [2.05, 4.69) is 5.32 Å². The molecule has 0 aliphatic carbocycles. The number of methoxy groups -OCH3 is 1. The molecule has 0 heterocycles. The van der Waals surface area contributed by atoms with Crippen LogP contribution in [-0.4, -0.2) is 45.1 Å². The largest absolute Gasteiger partial charge is 0.497 e. The summed E-state index contributed by atoms with van der Waals surface area (Å²) in [6, 6.07) is 13.0. The first kappa shape index (κ1) is 20.9. The van der Waals surface area contributed by atoms with E-state index in [0.717, 1.165) is 21.9 Å². The van der Waals surface area contributed by atoms with Gasteiger partial charge in [0.25, 0.3) is 0 Å². The number of carbonyl (C=O) groups is 1. The quantitative estimate of drug-likeness (QED) is 0.705. The van der Waals surface area contributed by atoms with Crippen LogP contribution in [0.5, 0.6) is 5.75 Å². The second-order valence-corrected chi connectivity index (χ2v) is 8.09. The molecule has 0 saturated heterocycles. The monoisotopic (exact) mass is 394 g/mol. The van der Waals surface area contributed by atoms with Gasteiger partial charge in [-0.2, -0.15) is 4.31 Å². The number of hydrogen-bond donors (Lipinski definition) is 1. The standard InChI is InChI=1S/C19H23FN2O4S/c1-26-18-9-5-15(6-10-18)11-12-21-19(23)14-22(27(2,24)25)13-16-3-7-17(20)8-4-16/h3-10H,11-14H2,1-2H3,(H,21,23). The zero-order valence-corrected chi connectivity index (χ0v) is 16.1. The molecule has 0 aliphatic rings. The summed E-state index contributed by atoms with van der Waals surface area (Å²) >= 11 is 0. The van der Waals surface area contributed by atoms with Gasteiger partial charge in [-0.1, -0.05) is 24.3 Å². The molecule has 0 aromatic heterocycles. The van der Waals surface area contributed by atoms with Crippen molar-refractivity contribution in [3.05, 3.63) is 65.5 Å². The van der Waals surface area contributed by atoms with E-state index in [1.54, 1.807) is 7.11 Å². The zero-order chi connectivity index (χ0) is 19.9. The Morgan fingerprint density at radius 1 is 1.07 bits per heavy atom. The third-order valence-corrected chi connectivity index (χ3v) is 5.15. The highest BCUT2D eigenvalue weighted by molar-refractivity contribution is 7.88. The minimum atomic E-state index is -3.59. The first-order valence-electron chi connectivity index (χ1n) is 8.37. The van der Waals surface area contributed by atoms with Crippen molar-refractivity contribution in [1.29, 1.82) is 0 Å². The van der Waals surface area contributed by atoms with Gasteiger partial charge in [0.1, 0.15) is 11.6 Å². The second-order valence-electron chi connectivity index (χ2n) is 6.11. The molecule has 0 aliphatic heterocycles. The number of halogens is 1. The zero-order valence-electron chi connectivity index (χ0n) is 15.3. The van der Waals surface area contributed by atoms with Crippen LogP contribution in [0.25, 0.3) is 0 Å². The molecule has 1 N–H and O–H groups in total. The van der Waals surface area contributed by atoms with Gasteiger partial charge in [0.05, 0.1) is 19.9 Å². The van der Waals surface area contributed by atoms with Crippen molar-refractivity contribution in [3.63, 3.8) is 0 Å². The van der Waals surface area contributed by atoms with Crippen LogP contribution in [0, 0.1) is 5.82 Å². The van der Waals surface area contributed by atoms with E-state index in [4.69, 9.17) is 4.74 Å². The molecule has 27 heavy (non-hydrogen) atoms. The molecule has 2 rings (SSSR count). The van der Waals surface area contributed by atoms with Gasteiger partial charge in [-0.25, -0.2) is 12.8 Å². The molecular formula is C19H23FN2O4S. The van der Waals surface area contributed by atoms with Crippen LogP contribution in [-0.2, 0) is 27.8 Å². The van der Waals surface area contributed by atoms with E-state index in [1.807, 2.05) is 24.3 Å².